The number of hydrazine groups is 1. The van der Waals surface area contributed by atoms with E-state index in [0.717, 1.165) is 5.56 Å². The largest absolute Gasteiger partial charge is 0.378 e. The lowest BCUT2D eigenvalue weighted by Crippen LogP contribution is -2.55. The number of benzene rings is 1. The minimum Gasteiger partial charge on any atom is -0.378 e. The number of carbonyl (C=O) groups is 1. The number of hydroxylamine groups is 2. The van der Waals surface area contributed by atoms with E-state index >= 15 is 0 Å². The second kappa shape index (κ2) is 5.14. The molecule has 2 aliphatic heterocycles. The molecule has 2 aliphatic rings. The molecule has 1 aromatic rings. The van der Waals surface area contributed by atoms with Gasteiger partial charge in [-0.25, -0.2) is 5.43 Å². The zero-order valence-corrected chi connectivity index (χ0v) is 11.4. The number of amides is 1. The monoisotopic (exact) mass is 277 g/mol. The highest BCUT2D eigenvalue weighted by atomic mass is 16.5. The molecule has 2 fully saturated rings. The number of carbonyl (C=O) groups excluding carboxylic acids is 1. The van der Waals surface area contributed by atoms with E-state index in [1.54, 1.807) is 0 Å². The van der Waals surface area contributed by atoms with Crippen molar-refractivity contribution in [1.82, 2.24) is 15.9 Å². The molecule has 0 aliphatic carbocycles. The SMILES string of the molecule is CC1(c2ccccc2)NNC(=O)C1C1COCCN1O. The molecule has 2 saturated heterocycles. The number of nitrogens with one attached hydrogen (secondary N) is 2. The number of ether oxygens (including phenoxy) is 1. The average Bonchev–Trinajstić information content (AvgIpc) is 2.78. The first-order chi connectivity index (χ1) is 9.63. The van der Waals surface area contributed by atoms with Gasteiger partial charge in [0.05, 0.1) is 30.7 Å². The summed E-state index contributed by atoms with van der Waals surface area (Å²) >= 11 is 0. The van der Waals surface area contributed by atoms with Crippen LogP contribution in [0, 0.1) is 5.92 Å². The molecule has 0 saturated carbocycles. The van der Waals surface area contributed by atoms with E-state index in [1.807, 2.05) is 37.3 Å². The Hall–Kier alpha value is -1.47. The third-order valence-corrected chi connectivity index (χ3v) is 4.24. The maximum absolute atomic E-state index is 12.2. The fraction of sp³-hybridized carbons (Fsp3) is 0.500. The summed E-state index contributed by atoms with van der Waals surface area (Å²) in [5.41, 5.74) is 6.19. The molecule has 3 rings (SSSR count). The molecule has 0 aromatic heterocycles. The lowest BCUT2D eigenvalue weighted by atomic mass is 9.76. The third-order valence-electron chi connectivity index (χ3n) is 4.24. The summed E-state index contributed by atoms with van der Waals surface area (Å²) in [7, 11) is 0. The Balaban J connectivity index is 1.96. The van der Waals surface area contributed by atoms with E-state index in [1.165, 1.54) is 5.06 Å². The van der Waals surface area contributed by atoms with Gasteiger partial charge < -0.3 is 9.94 Å². The molecule has 3 unspecified atom stereocenters. The predicted molar refractivity (Wildman–Crippen MR) is 71.7 cm³/mol. The third kappa shape index (κ3) is 2.10. The lowest BCUT2D eigenvalue weighted by molar-refractivity contribution is -0.199. The van der Waals surface area contributed by atoms with Crippen LogP contribution in [0.2, 0.25) is 0 Å². The predicted octanol–water partition coefficient (Wildman–Crippen LogP) is 0.242. The zero-order chi connectivity index (χ0) is 14.2. The average molecular weight is 277 g/mol. The number of hydrogen-bond donors (Lipinski definition) is 3. The first kappa shape index (κ1) is 13.5. The molecule has 1 aromatic carbocycles. The van der Waals surface area contributed by atoms with Crippen molar-refractivity contribution in [3.05, 3.63) is 35.9 Å². The maximum atomic E-state index is 12.2. The second-order valence-corrected chi connectivity index (χ2v) is 5.47. The smallest absolute Gasteiger partial charge is 0.241 e. The molecule has 108 valence electrons. The Labute approximate surface area is 117 Å². The van der Waals surface area contributed by atoms with Gasteiger partial charge >= 0.3 is 0 Å². The molecule has 6 heteroatoms. The van der Waals surface area contributed by atoms with Gasteiger partial charge in [0.25, 0.3) is 0 Å². The van der Waals surface area contributed by atoms with E-state index in [0.29, 0.717) is 19.8 Å². The quantitative estimate of drug-likeness (QED) is 0.722. The Morgan fingerprint density at radius 1 is 1.40 bits per heavy atom. The first-order valence-corrected chi connectivity index (χ1v) is 6.79. The Kier molecular flexibility index (Phi) is 3.47. The van der Waals surface area contributed by atoms with Crippen molar-refractivity contribution in [2.75, 3.05) is 19.8 Å². The highest BCUT2D eigenvalue weighted by Crippen LogP contribution is 2.36. The standard InChI is InChI=1S/C14H19N3O3/c1-14(10-5-3-2-4-6-10)12(13(18)15-16-14)11-9-20-8-7-17(11)19/h2-6,11-12,16,19H,7-9H2,1H3,(H,15,18). The molecule has 1 amide bonds. The van der Waals surface area contributed by atoms with Crippen molar-refractivity contribution in [2.24, 2.45) is 5.92 Å². The van der Waals surface area contributed by atoms with Gasteiger partial charge in [-0.3, -0.25) is 10.2 Å². The van der Waals surface area contributed by atoms with Crippen LogP contribution in [-0.2, 0) is 15.1 Å². The van der Waals surface area contributed by atoms with Crippen molar-refractivity contribution >= 4 is 5.91 Å². The summed E-state index contributed by atoms with van der Waals surface area (Å²) < 4.78 is 5.43. The van der Waals surface area contributed by atoms with Crippen LogP contribution in [0.25, 0.3) is 0 Å². The maximum Gasteiger partial charge on any atom is 0.241 e. The summed E-state index contributed by atoms with van der Waals surface area (Å²) in [5, 5.41) is 11.3. The van der Waals surface area contributed by atoms with Gasteiger partial charge in [0, 0.05) is 6.54 Å². The van der Waals surface area contributed by atoms with Gasteiger partial charge in [-0.15, -0.1) is 0 Å². The minimum absolute atomic E-state index is 0.120. The van der Waals surface area contributed by atoms with E-state index in [-0.39, 0.29) is 11.9 Å². The van der Waals surface area contributed by atoms with E-state index in [4.69, 9.17) is 4.74 Å². The van der Waals surface area contributed by atoms with Crippen LogP contribution in [0.4, 0.5) is 0 Å². The van der Waals surface area contributed by atoms with Crippen LogP contribution in [0.15, 0.2) is 30.3 Å². The van der Waals surface area contributed by atoms with Gasteiger partial charge in [-0.05, 0) is 12.5 Å². The van der Waals surface area contributed by atoms with Crippen molar-refractivity contribution in [3.8, 4) is 0 Å². The van der Waals surface area contributed by atoms with Crippen molar-refractivity contribution in [3.63, 3.8) is 0 Å². The minimum atomic E-state index is -0.579. The van der Waals surface area contributed by atoms with Crippen molar-refractivity contribution in [1.29, 1.82) is 0 Å². The molecule has 0 spiro atoms. The Morgan fingerprint density at radius 2 is 2.15 bits per heavy atom. The highest BCUT2D eigenvalue weighted by molar-refractivity contribution is 5.83. The van der Waals surface area contributed by atoms with Gasteiger partial charge in [0.2, 0.25) is 5.91 Å². The van der Waals surface area contributed by atoms with Crippen LogP contribution in [-0.4, -0.2) is 42.0 Å². The first-order valence-electron chi connectivity index (χ1n) is 6.79. The van der Waals surface area contributed by atoms with Crippen molar-refractivity contribution < 1.29 is 14.7 Å². The van der Waals surface area contributed by atoms with Gasteiger partial charge in [-0.1, -0.05) is 30.3 Å². The summed E-state index contributed by atoms with van der Waals surface area (Å²) in [6, 6.07) is 9.42. The van der Waals surface area contributed by atoms with E-state index < -0.39 is 11.5 Å². The van der Waals surface area contributed by atoms with E-state index in [9.17, 15) is 10.0 Å². The van der Waals surface area contributed by atoms with Gasteiger partial charge in [0.15, 0.2) is 0 Å². The highest BCUT2D eigenvalue weighted by Gasteiger charge is 2.52. The summed E-state index contributed by atoms with van der Waals surface area (Å²) in [5.74, 6) is -0.541. The van der Waals surface area contributed by atoms with Gasteiger partial charge in [0.1, 0.15) is 0 Å². The number of rotatable bonds is 2. The molecule has 0 radical (unpaired) electrons. The van der Waals surface area contributed by atoms with E-state index in [2.05, 4.69) is 10.9 Å². The Bertz CT molecular complexity index is 496. The topological polar surface area (TPSA) is 73.8 Å². The summed E-state index contributed by atoms with van der Waals surface area (Å²) in [6.07, 6.45) is 0. The van der Waals surface area contributed by atoms with Crippen LogP contribution < -0.4 is 10.9 Å². The molecule has 2 heterocycles. The van der Waals surface area contributed by atoms with Gasteiger partial charge in [-0.2, -0.15) is 5.06 Å². The number of nitrogens with zero attached hydrogens (tertiary/aromatic N) is 1. The molecular weight excluding hydrogens is 258 g/mol. The number of morpholine rings is 1. The molecular formula is C14H19N3O3. The van der Waals surface area contributed by atoms with Crippen LogP contribution in [0.1, 0.15) is 12.5 Å². The second-order valence-electron chi connectivity index (χ2n) is 5.47. The molecule has 0 bridgehead atoms. The van der Waals surface area contributed by atoms with Crippen LogP contribution in [0.5, 0.6) is 0 Å². The molecule has 3 atom stereocenters. The molecule has 20 heavy (non-hydrogen) atoms. The van der Waals surface area contributed by atoms with Crippen LogP contribution in [0.3, 0.4) is 0 Å². The molecule has 3 N–H and O–H groups in total. The van der Waals surface area contributed by atoms with Crippen LogP contribution >= 0.6 is 0 Å². The van der Waals surface area contributed by atoms with Crippen molar-refractivity contribution in [2.45, 2.75) is 18.5 Å². The zero-order valence-electron chi connectivity index (χ0n) is 11.4. The summed E-state index contributed by atoms with van der Waals surface area (Å²) in [6.45, 7) is 3.21. The fourth-order valence-corrected chi connectivity index (χ4v) is 3.09. The normalized spacial score (nSPS) is 35.0. The fourth-order valence-electron chi connectivity index (χ4n) is 3.09. The number of hydrogen-bond acceptors (Lipinski definition) is 5. The lowest BCUT2D eigenvalue weighted by Gasteiger charge is -2.39. The Morgan fingerprint density at radius 3 is 2.85 bits per heavy atom. The molecule has 6 nitrogen and oxygen atoms in total. The summed E-state index contributed by atoms with van der Waals surface area (Å²) in [4.78, 5) is 12.2.